The molecule has 1 aliphatic heterocycles. The van der Waals surface area contributed by atoms with Gasteiger partial charge < -0.3 is 10.6 Å². The molecule has 0 unspecified atom stereocenters. The number of piperidine rings is 1. The zero-order valence-electron chi connectivity index (χ0n) is 17.4. The molecule has 2 aromatic rings. The summed E-state index contributed by atoms with van der Waals surface area (Å²) in [6.45, 7) is 7.71. The molecule has 1 atom stereocenters. The highest BCUT2D eigenvalue weighted by molar-refractivity contribution is 5.88. The lowest BCUT2D eigenvalue weighted by atomic mass is 9.99. The van der Waals surface area contributed by atoms with Crippen LogP contribution in [0.4, 0.5) is 5.69 Å². The molecule has 0 radical (unpaired) electrons. The minimum absolute atomic E-state index is 0.0105. The van der Waals surface area contributed by atoms with E-state index >= 15 is 0 Å². The summed E-state index contributed by atoms with van der Waals surface area (Å²) in [6.07, 6.45) is 2.96. The zero-order valence-corrected chi connectivity index (χ0v) is 17.4. The lowest BCUT2D eigenvalue weighted by Gasteiger charge is -2.30. The molecule has 154 valence electrons. The Morgan fingerprint density at radius 2 is 1.66 bits per heavy atom. The number of anilines is 1. The SMILES string of the molecule is CC(=O)Nc1ccc(CC(=O)NCc2ccc(CN3CCC[C@H](C)C3)cc2)cc1. The number of benzene rings is 2. The maximum Gasteiger partial charge on any atom is 0.224 e. The highest BCUT2D eigenvalue weighted by atomic mass is 16.2. The van der Waals surface area contributed by atoms with Crippen LogP contribution in [0.2, 0.25) is 0 Å². The Morgan fingerprint density at radius 1 is 1.00 bits per heavy atom. The van der Waals surface area contributed by atoms with E-state index in [0.29, 0.717) is 13.0 Å². The molecule has 1 heterocycles. The van der Waals surface area contributed by atoms with E-state index in [0.717, 1.165) is 29.3 Å². The summed E-state index contributed by atoms with van der Waals surface area (Å²) < 4.78 is 0. The van der Waals surface area contributed by atoms with Crippen molar-refractivity contribution in [3.05, 3.63) is 65.2 Å². The van der Waals surface area contributed by atoms with Gasteiger partial charge in [-0.3, -0.25) is 14.5 Å². The normalized spacial score (nSPS) is 17.0. The molecule has 29 heavy (non-hydrogen) atoms. The Bertz CT molecular complexity index is 815. The van der Waals surface area contributed by atoms with Crippen LogP contribution in [-0.4, -0.2) is 29.8 Å². The van der Waals surface area contributed by atoms with Crippen molar-refractivity contribution in [1.82, 2.24) is 10.2 Å². The summed E-state index contributed by atoms with van der Waals surface area (Å²) in [4.78, 5) is 25.8. The third-order valence-corrected chi connectivity index (χ3v) is 5.30. The van der Waals surface area contributed by atoms with Crippen LogP contribution in [0.1, 0.15) is 43.4 Å². The molecule has 2 aromatic carbocycles. The summed E-state index contributed by atoms with van der Waals surface area (Å²) in [5.74, 6) is 0.676. The third kappa shape index (κ3) is 7.02. The second kappa shape index (κ2) is 10.2. The van der Waals surface area contributed by atoms with Crippen molar-refractivity contribution in [2.45, 2.75) is 46.2 Å². The van der Waals surface area contributed by atoms with E-state index in [1.807, 2.05) is 24.3 Å². The number of nitrogens with zero attached hydrogens (tertiary/aromatic N) is 1. The monoisotopic (exact) mass is 393 g/mol. The lowest BCUT2D eigenvalue weighted by molar-refractivity contribution is -0.120. The van der Waals surface area contributed by atoms with Crippen molar-refractivity contribution in [3.63, 3.8) is 0 Å². The van der Waals surface area contributed by atoms with Crippen LogP contribution in [0, 0.1) is 5.92 Å². The minimum Gasteiger partial charge on any atom is -0.352 e. The van der Waals surface area contributed by atoms with Crippen LogP contribution >= 0.6 is 0 Å². The average Bonchev–Trinajstić information content (AvgIpc) is 2.69. The molecule has 1 fully saturated rings. The van der Waals surface area contributed by atoms with Gasteiger partial charge in [-0.05, 0) is 54.1 Å². The largest absolute Gasteiger partial charge is 0.352 e. The van der Waals surface area contributed by atoms with E-state index < -0.39 is 0 Å². The van der Waals surface area contributed by atoms with E-state index in [9.17, 15) is 9.59 Å². The summed E-state index contributed by atoms with van der Waals surface area (Å²) >= 11 is 0. The van der Waals surface area contributed by atoms with Crippen LogP contribution in [0.5, 0.6) is 0 Å². The van der Waals surface area contributed by atoms with Gasteiger partial charge in [0.25, 0.3) is 0 Å². The Labute approximate surface area is 173 Å². The van der Waals surface area contributed by atoms with Crippen molar-refractivity contribution >= 4 is 17.5 Å². The molecular formula is C24H31N3O2. The first-order valence-electron chi connectivity index (χ1n) is 10.4. The maximum atomic E-state index is 12.2. The summed E-state index contributed by atoms with van der Waals surface area (Å²) in [6, 6.07) is 15.9. The average molecular weight is 394 g/mol. The fourth-order valence-corrected chi connectivity index (χ4v) is 3.81. The molecule has 0 aromatic heterocycles. The van der Waals surface area contributed by atoms with Crippen LogP contribution in [0.25, 0.3) is 0 Å². The van der Waals surface area contributed by atoms with Gasteiger partial charge >= 0.3 is 0 Å². The number of nitrogens with one attached hydrogen (secondary N) is 2. The predicted molar refractivity (Wildman–Crippen MR) is 116 cm³/mol. The van der Waals surface area contributed by atoms with Crippen LogP contribution < -0.4 is 10.6 Å². The Hall–Kier alpha value is -2.66. The molecule has 3 rings (SSSR count). The van der Waals surface area contributed by atoms with Gasteiger partial charge in [-0.1, -0.05) is 43.3 Å². The molecule has 5 nitrogen and oxygen atoms in total. The van der Waals surface area contributed by atoms with E-state index in [-0.39, 0.29) is 11.8 Å². The fourth-order valence-electron chi connectivity index (χ4n) is 3.81. The first-order valence-corrected chi connectivity index (χ1v) is 10.4. The summed E-state index contributed by atoms with van der Waals surface area (Å²) in [5.41, 5.74) is 4.09. The van der Waals surface area contributed by atoms with Gasteiger partial charge in [0.15, 0.2) is 0 Å². The predicted octanol–water partition coefficient (Wildman–Crippen LogP) is 3.74. The fraction of sp³-hybridized carbons (Fsp3) is 0.417. The van der Waals surface area contributed by atoms with Crippen molar-refractivity contribution in [3.8, 4) is 0 Å². The van der Waals surface area contributed by atoms with Crippen molar-refractivity contribution in [1.29, 1.82) is 0 Å². The van der Waals surface area contributed by atoms with Crippen molar-refractivity contribution in [2.75, 3.05) is 18.4 Å². The number of carbonyl (C=O) groups excluding carboxylic acids is 2. The number of likely N-dealkylation sites (tertiary alicyclic amines) is 1. The second-order valence-corrected chi connectivity index (χ2v) is 8.13. The summed E-state index contributed by atoms with van der Waals surface area (Å²) in [7, 11) is 0. The number of amides is 2. The molecule has 0 spiro atoms. The molecule has 2 amide bonds. The van der Waals surface area contributed by atoms with Gasteiger partial charge in [0.1, 0.15) is 0 Å². The number of rotatable bonds is 7. The molecular weight excluding hydrogens is 362 g/mol. The Morgan fingerprint density at radius 3 is 2.31 bits per heavy atom. The van der Waals surface area contributed by atoms with Crippen molar-refractivity contribution < 1.29 is 9.59 Å². The van der Waals surface area contributed by atoms with E-state index in [1.165, 1.54) is 38.4 Å². The van der Waals surface area contributed by atoms with Gasteiger partial charge in [-0.25, -0.2) is 0 Å². The van der Waals surface area contributed by atoms with Gasteiger partial charge in [-0.15, -0.1) is 0 Å². The highest BCUT2D eigenvalue weighted by Crippen LogP contribution is 2.18. The maximum absolute atomic E-state index is 12.2. The minimum atomic E-state index is -0.105. The first kappa shape index (κ1) is 21.1. The van der Waals surface area contributed by atoms with E-state index in [2.05, 4.69) is 46.7 Å². The van der Waals surface area contributed by atoms with Gasteiger partial charge in [-0.2, -0.15) is 0 Å². The van der Waals surface area contributed by atoms with Gasteiger partial charge in [0.2, 0.25) is 11.8 Å². The smallest absolute Gasteiger partial charge is 0.224 e. The quantitative estimate of drug-likeness (QED) is 0.753. The zero-order chi connectivity index (χ0) is 20.6. The van der Waals surface area contributed by atoms with Crippen LogP contribution in [0.15, 0.2) is 48.5 Å². The van der Waals surface area contributed by atoms with E-state index in [1.54, 1.807) is 0 Å². The number of hydrogen-bond donors (Lipinski definition) is 2. The number of carbonyl (C=O) groups is 2. The second-order valence-electron chi connectivity index (χ2n) is 8.13. The molecule has 1 aliphatic rings. The van der Waals surface area contributed by atoms with Crippen molar-refractivity contribution in [2.24, 2.45) is 5.92 Å². The molecule has 0 saturated carbocycles. The molecule has 0 aliphatic carbocycles. The molecule has 0 bridgehead atoms. The topological polar surface area (TPSA) is 61.4 Å². The van der Waals surface area contributed by atoms with E-state index in [4.69, 9.17) is 0 Å². The third-order valence-electron chi connectivity index (χ3n) is 5.30. The van der Waals surface area contributed by atoms with Gasteiger partial charge in [0, 0.05) is 32.2 Å². The number of hydrogen-bond acceptors (Lipinski definition) is 3. The lowest BCUT2D eigenvalue weighted by Crippen LogP contribution is -2.33. The van der Waals surface area contributed by atoms with Crippen LogP contribution in [0.3, 0.4) is 0 Å². The molecule has 1 saturated heterocycles. The van der Waals surface area contributed by atoms with Crippen LogP contribution in [-0.2, 0) is 29.1 Å². The summed E-state index contributed by atoms with van der Waals surface area (Å²) in [5, 5.41) is 5.70. The highest BCUT2D eigenvalue weighted by Gasteiger charge is 2.16. The first-order chi connectivity index (χ1) is 14.0. The standard InChI is InChI=1S/C24H31N3O2/c1-18-4-3-13-27(16-18)17-22-7-5-21(6-8-22)15-25-24(29)14-20-9-11-23(12-10-20)26-19(2)28/h5-12,18H,3-4,13-17H2,1-2H3,(H,25,29)(H,26,28)/t18-/m0/s1. The Balaban J connectivity index is 1.43. The van der Waals surface area contributed by atoms with Gasteiger partial charge in [0.05, 0.1) is 6.42 Å². The molecule has 2 N–H and O–H groups in total. The molecule has 5 heteroatoms. The Kier molecular flexibility index (Phi) is 7.42.